The van der Waals surface area contributed by atoms with Crippen molar-refractivity contribution in [2.75, 3.05) is 18.1 Å². The van der Waals surface area contributed by atoms with Crippen LogP contribution in [0.15, 0.2) is 0 Å². The predicted molar refractivity (Wildman–Crippen MR) is 68.0 cm³/mol. The molecule has 1 aliphatic carbocycles. The van der Waals surface area contributed by atoms with Gasteiger partial charge in [-0.1, -0.05) is 6.92 Å². The first-order valence-corrected chi connectivity index (χ1v) is 6.21. The van der Waals surface area contributed by atoms with Crippen molar-refractivity contribution in [1.82, 2.24) is 5.32 Å². The van der Waals surface area contributed by atoms with Crippen molar-refractivity contribution in [3.8, 4) is 6.07 Å². The zero-order valence-corrected chi connectivity index (χ0v) is 10.5. The number of nitrogens with one attached hydrogen (secondary N) is 2. The lowest BCUT2D eigenvalue weighted by Gasteiger charge is -2.05. The molecule has 17 heavy (non-hydrogen) atoms. The van der Waals surface area contributed by atoms with Gasteiger partial charge in [0, 0.05) is 13.1 Å². The van der Waals surface area contributed by atoms with Gasteiger partial charge in [-0.3, -0.25) is 4.79 Å². The van der Waals surface area contributed by atoms with Gasteiger partial charge in [0.05, 0.1) is 11.3 Å². The highest BCUT2D eigenvalue weighted by Crippen LogP contribution is 2.40. The van der Waals surface area contributed by atoms with Crippen molar-refractivity contribution >= 4 is 27.9 Å². The van der Waals surface area contributed by atoms with Gasteiger partial charge >= 0.3 is 0 Å². The van der Waals surface area contributed by atoms with Gasteiger partial charge in [0.15, 0.2) is 0 Å². The van der Waals surface area contributed by atoms with Crippen LogP contribution < -0.4 is 16.4 Å². The minimum atomic E-state index is -0.254. The van der Waals surface area contributed by atoms with Crippen LogP contribution in [-0.2, 0) is 0 Å². The molecule has 2 unspecified atom stereocenters. The van der Waals surface area contributed by atoms with E-state index < -0.39 is 0 Å². The average molecular weight is 250 g/mol. The summed E-state index contributed by atoms with van der Waals surface area (Å²) in [5, 5.41) is 15.4. The number of anilines is 2. The summed E-state index contributed by atoms with van der Waals surface area (Å²) in [4.78, 5) is 12.1. The number of amides is 1. The van der Waals surface area contributed by atoms with Crippen LogP contribution in [0.4, 0.5) is 10.7 Å². The number of nitrogens with zero attached hydrogens (tertiary/aromatic N) is 1. The molecule has 4 N–H and O–H groups in total. The van der Waals surface area contributed by atoms with Gasteiger partial charge in [0.2, 0.25) is 0 Å². The van der Waals surface area contributed by atoms with E-state index in [0.29, 0.717) is 27.4 Å². The third kappa shape index (κ3) is 2.06. The second kappa shape index (κ2) is 4.26. The molecule has 1 amide bonds. The Morgan fingerprint density at radius 2 is 2.29 bits per heavy atom. The van der Waals surface area contributed by atoms with Crippen molar-refractivity contribution in [3.05, 3.63) is 10.4 Å². The summed E-state index contributed by atoms with van der Waals surface area (Å²) in [5.41, 5.74) is 6.48. The molecule has 2 atom stereocenters. The fourth-order valence-electron chi connectivity index (χ4n) is 1.67. The second-order valence-corrected chi connectivity index (χ2v) is 5.22. The third-order valence-corrected chi connectivity index (χ3v) is 3.97. The molecule has 1 aromatic rings. The molecule has 90 valence electrons. The monoisotopic (exact) mass is 250 g/mol. The van der Waals surface area contributed by atoms with E-state index in [1.54, 1.807) is 7.05 Å². The van der Waals surface area contributed by atoms with E-state index in [1.807, 2.05) is 6.07 Å². The number of thiophene rings is 1. The molecule has 0 bridgehead atoms. The molecule has 0 aromatic carbocycles. The van der Waals surface area contributed by atoms with Gasteiger partial charge in [-0.05, 0) is 12.3 Å². The Morgan fingerprint density at radius 1 is 1.65 bits per heavy atom. The highest BCUT2D eigenvalue weighted by molar-refractivity contribution is 7.17. The topological polar surface area (TPSA) is 90.9 Å². The number of nitrogen functional groups attached to an aromatic ring is 1. The van der Waals surface area contributed by atoms with Crippen molar-refractivity contribution in [3.63, 3.8) is 0 Å². The minimum Gasteiger partial charge on any atom is -0.396 e. The lowest BCUT2D eigenvalue weighted by atomic mass is 10.2. The van der Waals surface area contributed by atoms with E-state index in [4.69, 9.17) is 11.0 Å². The number of carbonyl (C=O) groups is 1. The number of rotatable bonds is 3. The maximum absolute atomic E-state index is 11.7. The first kappa shape index (κ1) is 11.7. The molecule has 0 aliphatic heterocycles. The molecule has 1 aliphatic rings. The number of nitrogens with two attached hydrogens (primary N) is 1. The lowest BCUT2D eigenvalue weighted by Crippen LogP contribution is -2.20. The molecule has 1 fully saturated rings. The molecule has 1 heterocycles. The SMILES string of the molecule is CNC(=O)c1c(NC2CC2C)sc(C#N)c1N. The van der Waals surface area contributed by atoms with E-state index in [0.717, 1.165) is 6.42 Å². The number of carbonyl (C=O) groups excluding carboxylic acids is 1. The van der Waals surface area contributed by atoms with E-state index in [1.165, 1.54) is 11.3 Å². The molecule has 0 radical (unpaired) electrons. The van der Waals surface area contributed by atoms with E-state index in [9.17, 15) is 4.79 Å². The van der Waals surface area contributed by atoms with Gasteiger partial charge in [-0.2, -0.15) is 5.26 Å². The third-order valence-electron chi connectivity index (χ3n) is 2.93. The first-order chi connectivity index (χ1) is 8.08. The van der Waals surface area contributed by atoms with Crippen LogP contribution >= 0.6 is 11.3 Å². The van der Waals surface area contributed by atoms with Crippen LogP contribution in [0.2, 0.25) is 0 Å². The Bertz CT molecular complexity index is 502. The molecule has 0 spiro atoms. The van der Waals surface area contributed by atoms with Crippen molar-refractivity contribution in [2.45, 2.75) is 19.4 Å². The maximum atomic E-state index is 11.7. The number of hydrogen-bond donors (Lipinski definition) is 3. The molecule has 5 nitrogen and oxygen atoms in total. The fourth-order valence-corrected chi connectivity index (χ4v) is 2.65. The first-order valence-electron chi connectivity index (χ1n) is 5.39. The van der Waals surface area contributed by atoms with Crippen LogP contribution in [0, 0.1) is 17.2 Å². The molecular formula is C11H14N4OS. The molecule has 0 saturated heterocycles. The summed E-state index contributed by atoms with van der Waals surface area (Å²) in [6.45, 7) is 2.14. The Labute approximate surface area is 104 Å². The van der Waals surface area contributed by atoms with Crippen LogP contribution in [0.1, 0.15) is 28.6 Å². The van der Waals surface area contributed by atoms with Gasteiger partial charge in [-0.25, -0.2) is 0 Å². The lowest BCUT2D eigenvalue weighted by molar-refractivity contribution is 0.0965. The Kier molecular flexibility index (Phi) is 2.94. The van der Waals surface area contributed by atoms with Crippen molar-refractivity contribution in [2.24, 2.45) is 5.92 Å². The van der Waals surface area contributed by atoms with Gasteiger partial charge < -0.3 is 16.4 Å². The standard InChI is InChI=1S/C11H14N4OS/c1-5-3-6(5)15-11-8(10(16)14-2)9(13)7(4-12)17-11/h5-6,15H,3,13H2,1-2H3,(H,14,16). The second-order valence-electron chi connectivity index (χ2n) is 4.20. The average Bonchev–Trinajstić information content (AvgIpc) is 2.90. The van der Waals surface area contributed by atoms with Gasteiger partial charge in [-0.15, -0.1) is 11.3 Å². The zero-order valence-electron chi connectivity index (χ0n) is 9.70. The van der Waals surface area contributed by atoms with Crippen LogP contribution in [0.3, 0.4) is 0 Å². The summed E-state index contributed by atoms with van der Waals surface area (Å²) in [5.74, 6) is 0.359. The van der Waals surface area contributed by atoms with Crippen molar-refractivity contribution in [1.29, 1.82) is 5.26 Å². The predicted octanol–water partition coefficient (Wildman–Crippen LogP) is 1.38. The quantitative estimate of drug-likeness (QED) is 0.756. The summed E-state index contributed by atoms with van der Waals surface area (Å²) in [7, 11) is 1.55. The zero-order chi connectivity index (χ0) is 12.6. The van der Waals surface area contributed by atoms with Crippen LogP contribution in [-0.4, -0.2) is 19.0 Å². The largest absolute Gasteiger partial charge is 0.396 e. The van der Waals surface area contributed by atoms with Crippen molar-refractivity contribution < 1.29 is 4.79 Å². The van der Waals surface area contributed by atoms with E-state index in [2.05, 4.69) is 17.6 Å². The maximum Gasteiger partial charge on any atom is 0.256 e. The summed E-state index contributed by atoms with van der Waals surface area (Å²) >= 11 is 1.24. The summed E-state index contributed by atoms with van der Waals surface area (Å²) in [6.07, 6.45) is 1.09. The van der Waals surface area contributed by atoms with Crippen LogP contribution in [0.25, 0.3) is 0 Å². The Morgan fingerprint density at radius 3 is 2.76 bits per heavy atom. The molecule has 6 heteroatoms. The van der Waals surface area contributed by atoms with E-state index in [-0.39, 0.29) is 11.6 Å². The Hall–Kier alpha value is -1.74. The van der Waals surface area contributed by atoms with E-state index >= 15 is 0 Å². The fraction of sp³-hybridized carbons (Fsp3) is 0.455. The minimum absolute atomic E-state index is 0.254. The highest BCUT2D eigenvalue weighted by atomic mass is 32.1. The Balaban J connectivity index is 2.35. The molecule has 2 rings (SSSR count). The summed E-state index contributed by atoms with van der Waals surface area (Å²) in [6, 6.07) is 2.41. The van der Waals surface area contributed by atoms with Gasteiger partial charge in [0.25, 0.3) is 5.91 Å². The highest BCUT2D eigenvalue weighted by Gasteiger charge is 2.34. The normalized spacial score (nSPS) is 21.7. The molecule has 1 aromatic heterocycles. The van der Waals surface area contributed by atoms with Crippen LogP contribution in [0.5, 0.6) is 0 Å². The number of hydrogen-bond acceptors (Lipinski definition) is 5. The molecule has 1 saturated carbocycles. The van der Waals surface area contributed by atoms with Gasteiger partial charge in [0.1, 0.15) is 15.9 Å². The smallest absolute Gasteiger partial charge is 0.256 e. The summed E-state index contributed by atoms with van der Waals surface area (Å²) < 4.78 is 0. The number of nitriles is 1. The molecular weight excluding hydrogens is 236 g/mol.